The third kappa shape index (κ3) is 10.4. The lowest BCUT2D eigenvalue weighted by Gasteiger charge is -2.26. The number of hydrogen-bond acceptors (Lipinski definition) is 7. The second-order valence-corrected chi connectivity index (χ2v) is 13.9. The van der Waals surface area contributed by atoms with Crippen LogP contribution in [0.3, 0.4) is 0 Å². The zero-order chi connectivity index (χ0) is 35.6. The van der Waals surface area contributed by atoms with E-state index in [1.54, 1.807) is 60.7 Å². The topological polar surface area (TPSA) is 151 Å². The van der Waals surface area contributed by atoms with Crippen LogP contribution < -0.4 is 20.7 Å². The summed E-state index contributed by atoms with van der Waals surface area (Å²) in [5, 5.41) is 20.9. The molecule has 4 N–H and O–H groups in total. The quantitative estimate of drug-likeness (QED) is 0.199. The predicted molar refractivity (Wildman–Crippen MR) is 191 cm³/mol. The van der Waals surface area contributed by atoms with Crippen LogP contribution >= 0.6 is 34.5 Å². The fraction of sp³-hybridized carbons (Fsp3) is 0.270. The van der Waals surface area contributed by atoms with Crippen molar-refractivity contribution < 1.29 is 33.8 Å². The minimum atomic E-state index is -1.25. The summed E-state index contributed by atoms with van der Waals surface area (Å²) in [5.74, 6) is -4.26. The molecule has 4 atom stereocenters. The number of carboxylic acid groups (broad SMARTS) is 1. The smallest absolute Gasteiger partial charge is 0.307 e. The number of nitrogens with one attached hydrogen (secondary N) is 3. The molecule has 0 saturated carbocycles. The van der Waals surface area contributed by atoms with E-state index < -0.39 is 60.1 Å². The molecule has 3 heterocycles. The van der Waals surface area contributed by atoms with Crippen LogP contribution in [0.25, 0.3) is 0 Å². The van der Waals surface area contributed by atoms with E-state index in [0.29, 0.717) is 21.9 Å². The first-order valence-electron chi connectivity index (χ1n) is 15.9. The number of amides is 3. The Kier molecular flexibility index (Phi) is 12.6. The monoisotopic (exact) mass is 735 g/mol. The van der Waals surface area contributed by atoms with Crippen molar-refractivity contribution in [2.45, 2.75) is 50.2 Å². The zero-order valence-corrected chi connectivity index (χ0v) is 29.1. The van der Waals surface area contributed by atoms with E-state index in [1.165, 1.54) is 17.4 Å². The number of carboxylic acids is 1. The SMILES string of the molecule is O=C1COc2ccc(cc2)C[C@@H](C(=O)O)CC(=O)[C@H](Cc2ccccc2)NC(=O)[C@H](Cc2ccc(Cl)cc2Cl)NC(=O)[C@H](Cc2cccs2)N1. The van der Waals surface area contributed by atoms with Crippen LogP contribution in [0.4, 0.5) is 0 Å². The summed E-state index contributed by atoms with van der Waals surface area (Å²) in [4.78, 5) is 68.2. The molecule has 6 rings (SSSR count). The third-order valence-electron chi connectivity index (χ3n) is 8.27. The molecule has 260 valence electrons. The number of fused-ring (bicyclic) bond motifs is 16. The van der Waals surface area contributed by atoms with Crippen LogP contribution in [-0.2, 0) is 49.7 Å². The average molecular weight is 737 g/mol. The maximum atomic E-state index is 14.1. The summed E-state index contributed by atoms with van der Waals surface area (Å²) < 4.78 is 5.66. The van der Waals surface area contributed by atoms with E-state index in [-0.39, 0.29) is 37.1 Å². The highest BCUT2D eigenvalue weighted by atomic mass is 35.5. The van der Waals surface area contributed by atoms with Gasteiger partial charge in [-0.3, -0.25) is 24.0 Å². The van der Waals surface area contributed by atoms with Gasteiger partial charge in [-0.15, -0.1) is 11.3 Å². The zero-order valence-electron chi connectivity index (χ0n) is 26.8. The fourth-order valence-electron chi connectivity index (χ4n) is 5.62. The lowest BCUT2D eigenvalue weighted by molar-refractivity contribution is -0.144. The van der Waals surface area contributed by atoms with Crippen LogP contribution in [0.1, 0.15) is 28.0 Å². The number of carbonyl (C=O) groups excluding carboxylic acids is 4. The van der Waals surface area contributed by atoms with Gasteiger partial charge in [0.15, 0.2) is 12.4 Å². The van der Waals surface area contributed by atoms with Gasteiger partial charge in [0.05, 0.1) is 12.0 Å². The number of benzene rings is 3. The van der Waals surface area contributed by atoms with Crippen LogP contribution in [0.5, 0.6) is 5.75 Å². The van der Waals surface area contributed by atoms with E-state index in [0.717, 1.165) is 10.4 Å². The summed E-state index contributed by atoms with van der Waals surface area (Å²) in [7, 11) is 0. The second-order valence-electron chi connectivity index (χ2n) is 12.0. The Labute approximate surface area is 303 Å². The number of Topliss-reactive ketones (excluding diaryl/α,β-unsaturated/α-hetero) is 1. The molecule has 3 amide bonds. The lowest BCUT2D eigenvalue weighted by atomic mass is 9.90. The van der Waals surface area contributed by atoms with Crippen LogP contribution in [0.2, 0.25) is 10.0 Å². The van der Waals surface area contributed by atoms with Crippen molar-refractivity contribution >= 4 is 64.0 Å². The Morgan fingerprint density at radius 3 is 2.14 bits per heavy atom. The van der Waals surface area contributed by atoms with Gasteiger partial charge in [0, 0.05) is 34.2 Å². The minimum Gasteiger partial charge on any atom is -0.484 e. The van der Waals surface area contributed by atoms with E-state index in [9.17, 15) is 29.1 Å². The number of carbonyl (C=O) groups is 5. The number of ketones is 1. The van der Waals surface area contributed by atoms with Crippen molar-refractivity contribution in [2.75, 3.05) is 6.61 Å². The van der Waals surface area contributed by atoms with Crippen LogP contribution in [-0.4, -0.2) is 59.3 Å². The summed E-state index contributed by atoms with van der Waals surface area (Å²) in [6.07, 6.45) is -0.151. The minimum absolute atomic E-state index is 0.0476. The molecule has 0 saturated heterocycles. The Balaban J connectivity index is 1.52. The third-order valence-corrected chi connectivity index (χ3v) is 9.75. The molecule has 1 aromatic heterocycles. The molecule has 13 heteroatoms. The molecule has 0 spiro atoms. The molecule has 50 heavy (non-hydrogen) atoms. The van der Waals surface area contributed by atoms with Crippen molar-refractivity contribution in [3.63, 3.8) is 0 Å². The summed E-state index contributed by atoms with van der Waals surface area (Å²) in [5.41, 5.74) is 1.89. The Morgan fingerprint density at radius 2 is 1.48 bits per heavy atom. The highest BCUT2D eigenvalue weighted by Crippen LogP contribution is 2.23. The van der Waals surface area contributed by atoms with Gasteiger partial charge in [-0.05, 0) is 65.2 Å². The number of halogens is 2. The maximum absolute atomic E-state index is 14.1. The highest BCUT2D eigenvalue weighted by Gasteiger charge is 2.33. The highest BCUT2D eigenvalue weighted by molar-refractivity contribution is 7.09. The first kappa shape index (κ1) is 36.6. The molecule has 0 fully saturated rings. The first-order valence-corrected chi connectivity index (χ1v) is 17.5. The van der Waals surface area contributed by atoms with Gasteiger partial charge in [-0.2, -0.15) is 0 Å². The van der Waals surface area contributed by atoms with Gasteiger partial charge in [-0.25, -0.2) is 0 Å². The number of hydrogen-bond donors (Lipinski definition) is 4. The second kappa shape index (κ2) is 17.3. The average Bonchev–Trinajstić information content (AvgIpc) is 3.61. The van der Waals surface area contributed by atoms with Gasteiger partial charge in [0.1, 0.15) is 17.8 Å². The van der Waals surface area contributed by atoms with Crippen molar-refractivity contribution in [3.8, 4) is 5.75 Å². The Hall–Kier alpha value is -4.71. The molecular formula is C37H35Cl2N3O7S. The van der Waals surface area contributed by atoms with Gasteiger partial charge in [-0.1, -0.05) is 77.8 Å². The van der Waals surface area contributed by atoms with Gasteiger partial charge >= 0.3 is 5.97 Å². The standard InChI is InChI=1S/C37H35Cl2N3O7S/c38-26-11-10-24(29(39)19-26)17-31-35(45)41-30(16-22-5-2-1-3-6-22)33(43)18-25(37(47)48)15-23-8-12-27(13-9-23)49-21-34(44)40-32(36(46)42-31)20-28-7-4-14-50-28/h1-14,19,25,30-32H,15-18,20-21H2,(H,40,44)(H,41,45)(H,42,46)(H,47,48)/t25-,30+,31+,32+/m1/s1. The maximum Gasteiger partial charge on any atom is 0.307 e. The fourth-order valence-corrected chi connectivity index (χ4v) is 6.86. The van der Waals surface area contributed by atoms with Crippen molar-refractivity contribution in [1.29, 1.82) is 0 Å². The molecule has 4 aromatic rings. The molecule has 0 aliphatic carbocycles. The number of thiophene rings is 1. The van der Waals surface area contributed by atoms with E-state index in [2.05, 4.69) is 16.0 Å². The molecule has 2 aliphatic rings. The van der Waals surface area contributed by atoms with E-state index in [4.69, 9.17) is 27.9 Å². The normalized spacial score (nSPS) is 20.8. The van der Waals surface area contributed by atoms with Crippen LogP contribution in [0, 0.1) is 5.92 Å². The summed E-state index contributed by atoms with van der Waals surface area (Å²) in [6.45, 7) is -0.398. The molecule has 3 aromatic carbocycles. The Bertz CT molecular complexity index is 1820. The first-order chi connectivity index (χ1) is 24.0. The largest absolute Gasteiger partial charge is 0.484 e. The Morgan fingerprint density at radius 1 is 0.780 bits per heavy atom. The molecule has 0 radical (unpaired) electrons. The number of aliphatic carboxylic acids is 1. The molecule has 0 unspecified atom stereocenters. The lowest BCUT2D eigenvalue weighted by Crippen LogP contribution is -2.57. The predicted octanol–water partition coefficient (Wildman–Crippen LogP) is 4.83. The number of ether oxygens (including phenoxy) is 1. The molecule has 2 aliphatic heterocycles. The number of rotatable bonds is 7. The molecular weight excluding hydrogens is 701 g/mol. The molecule has 2 bridgehead atoms. The molecule has 10 nitrogen and oxygen atoms in total. The van der Waals surface area contributed by atoms with Gasteiger partial charge < -0.3 is 25.8 Å². The summed E-state index contributed by atoms with van der Waals surface area (Å²) in [6, 6.07) is 20.5. The van der Waals surface area contributed by atoms with Crippen molar-refractivity contribution in [2.24, 2.45) is 5.92 Å². The van der Waals surface area contributed by atoms with Crippen LogP contribution in [0.15, 0.2) is 90.3 Å². The van der Waals surface area contributed by atoms with E-state index >= 15 is 0 Å². The van der Waals surface area contributed by atoms with Crippen molar-refractivity contribution in [1.82, 2.24) is 16.0 Å². The van der Waals surface area contributed by atoms with Gasteiger partial charge in [0.25, 0.3) is 5.91 Å². The summed E-state index contributed by atoms with van der Waals surface area (Å²) >= 11 is 14.0. The van der Waals surface area contributed by atoms with Crippen molar-refractivity contribution in [3.05, 3.63) is 122 Å². The van der Waals surface area contributed by atoms with E-state index in [1.807, 2.05) is 23.6 Å². The van der Waals surface area contributed by atoms with Gasteiger partial charge in [0.2, 0.25) is 11.8 Å².